The lowest BCUT2D eigenvalue weighted by Crippen LogP contribution is -2.42. The standard InChI is InChI=1S/C39H41N5O7/c1-39(2,3)51-38(48)42-34(28-20-22-29(23-21-28)44(49)50)35(37(46)47)41-33(27-15-8-5-9-16-27)30-17-10-11-18-31(30)40-36(45)32-19-12-24-43(32)25-26-13-6-4-7-14-26/h4-11,13-18,20-23,32,34-35H,12,19,24-25H2,1-3H3,(H,40,45)(H,42,48)(H,46,47)/t32-,34+,35-/m0/s1. The van der Waals surface area contributed by atoms with E-state index in [2.05, 4.69) is 15.5 Å². The average molecular weight is 692 g/mol. The number of anilines is 1. The highest BCUT2D eigenvalue weighted by Crippen LogP contribution is 2.28. The number of nitrogens with zero attached hydrogens (tertiary/aromatic N) is 3. The number of hydrogen-bond donors (Lipinski definition) is 3. The minimum Gasteiger partial charge on any atom is -0.480 e. The number of non-ortho nitro benzene ring substituents is 1. The summed E-state index contributed by atoms with van der Waals surface area (Å²) >= 11 is 0. The molecule has 51 heavy (non-hydrogen) atoms. The van der Waals surface area contributed by atoms with Crippen LogP contribution in [0.4, 0.5) is 16.2 Å². The van der Waals surface area contributed by atoms with Crippen molar-refractivity contribution in [2.75, 3.05) is 11.9 Å². The third kappa shape index (κ3) is 9.64. The number of aliphatic imine (C=N–C) groups is 1. The molecule has 12 heteroatoms. The molecule has 3 N–H and O–H groups in total. The molecule has 0 saturated carbocycles. The zero-order chi connectivity index (χ0) is 36.5. The highest BCUT2D eigenvalue weighted by Gasteiger charge is 2.35. The number of benzene rings is 4. The predicted octanol–water partition coefficient (Wildman–Crippen LogP) is 6.75. The second kappa shape index (κ2) is 16.2. The number of nitro benzene ring substituents is 1. The van der Waals surface area contributed by atoms with Gasteiger partial charge in [0.2, 0.25) is 5.91 Å². The van der Waals surface area contributed by atoms with E-state index in [4.69, 9.17) is 9.73 Å². The highest BCUT2D eigenvalue weighted by molar-refractivity contribution is 6.17. The number of ether oxygens (including phenoxy) is 1. The first-order chi connectivity index (χ1) is 24.4. The molecule has 1 heterocycles. The largest absolute Gasteiger partial charge is 0.480 e. The van der Waals surface area contributed by atoms with Crippen LogP contribution in [-0.4, -0.2) is 62.8 Å². The van der Waals surface area contributed by atoms with Crippen molar-refractivity contribution >= 4 is 35.1 Å². The molecule has 0 aliphatic carbocycles. The van der Waals surface area contributed by atoms with Gasteiger partial charge in [0.25, 0.3) is 5.69 Å². The van der Waals surface area contributed by atoms with Crippen molar-refractivity contribution < 1.29 is 29.2 Å². The summed E-state index contributed by atoms with van der Waals surface area (Å²) in [6.45, 7) is 6.43. The maximum absolute atomic E-state index is 13.9. The van der Waals surface area contributed by atoms with Crippen molar-refractivity contribution in [3.8, 4) is 0 Å². The highest BCUT2D eigenvalue weighted by atomic mass is 16.6. The van der Waals surface area contributed by atoms with Gasteiger partial charge >= 0.3 is 12.1 Å². The van der Waals surface area contributed by atoms with Gasteiger partial charge in [-0.05, 0) is 57.4 Å². The maximum Gasteiger partial charge on any atom is 0.408 e. The van der Waals surface area contributed by atoms with Crippen LogP contribution in [0.5, 0.6) is 0 Å². The van der Waals surface area contributed by atoms with Crippen LogP contribution in [0.25, 0.3) is 0 Å². The summed E-state index contributed by atoms with van der Waals surface area (Å²) in [6, 6.07) is 27.9. The molecule has 12 nitrogen and oxygen atoms in total. The summed E-state index contributed by atoms with van der Waals surface area (Å²) in [4.78, 5) is 57.8. The SMILES string of the molecule is CC(C)(C)OC(=O)N[C@H](c1ccc([N+](=O)[O-])cc1)[C@H](N=C(c1ccccc1)c1ccccc1NC(=O)[C@@H]1CCCN1Cc1ccccc1)C(=O)O. The minimum absolute atomic E-state index is 0.187. The van der Waals surface area contributed by atoms with E-state index in [9.17, 15) is 29.6 Å². The molecule has 264 valence electrons. The molecule has 0 bridgehead atoms. The molecule has 4 aromatic carbocycles. The molecule has 1 aliphatic rings. The average Bonchev–Trinajstić information content (AvgIpc) is 3.56. The lowest BCUT2D eigenvalue weighted by molar-refractivity contribution is -0.384. The van der Waals surface area contributed by atoms with Crippen molar-refractivity contribution in [2.45, 2.75) is 63.9 Å². The van der Waals surface area contributed by atoms with Crippen molar-refractivity contribution in [1.29, 1.82) is 0 Å². The molecular weight excluding hydrogens is 650 g/mol. The van der Waals surface area contributed by atoms with E-state index in [1.165, 1.54) is 24.3 Å². The van der Waals surface area contributed by atoms with Crippen LogP contribution in [0.15, 0.2) is 114 Å². The fourth-order valence-corrected chi connectivity index (χ4v) is 6.03. The number of carbonyl (C=O) groups excluding carboxylic acids is 2. The molecular formula is C39H41N5O7. The molecule has 4 aromatic rings. The van der Waals surface area contributed by atoms with E-state index < -0.39 is 34.7 Å². The number of amides is 2. The van der Waals surface area contributed by atoms with E-state index in [0.717, 1.165) is 18.5 Å². The number of likely N-dealkylation sites (tertiary alicyclic amines) is 1. The predicted molar refractivity (Wildman–Crippen MR) is 194 cm³/mol. The molecule has 1 aliphatic heterocycles. The van der Waals surface area contributed by atoms with Crippen LogP contribution < -0.4 is 10.6 Å². The Kier molecular flexibility index (Phi) is 11.6. The Balaban J connectivity index is 1.55. The smallest absolute Gasteiger partial charge is 0.408 e. The van der Waals surface area contributed by atoms with E-state index in [-0.39, 0.29) is 28.9 Å². The van der Waals surface area contributed by atoms with Gasteiger partial charge in [0.1, 0.15) is 5.60 Å². The molecule has 0 aromatic heterocycles. The van der Waals surface area contributed by atoms with Gasteiger partial charge in [-0.3, -0.25) is 24.8 Å². The normalized spacial score (nSPS) is 16.1. The van der Waals surface area contributed by atoms with E-state index >= 15 is 0 Å². The Morgan fingerprint density at radius 2 is 1.57 bits per heavy atom. The minimum atomic E-state index is -1.63. The number of aliphatic carboxylic acids is 1. The quantitative estimate of drug-likeness (QED) is 0.0834. The molecule has 2 amide bonds. The second-order valence-corrected chi connectivity index (χ2v) is 13.2. The van der Waals surface area contributed by atoms with Crippen LogP contribution in [-0.2, 0) is 20.9 Å². The summed E-state index contributed by atoms with van der Waals surface area (Å²) in [5, 5.41) is 27.8. The van der Waals surface area contributed by atoms with Crippen molar-refractivity contribution in [3.63, 3.8) is 0 Å². The van der Waals surface area contributed by atoms with Crippen LogP contribution in [0, 0.1) is 10.1 Å². The van der Waals surface area contributed by atoms with Gasteiger partial charge in [0.05, 0.1) is 28.4 Å². The van der Waals surface area contributed by atoms with Crippen molar-refractivity contribution in [1.82, 2.24) is 10.2 Å². The Hall–Kier alpha value is -5.88. The van der Waals surface area contributed by atoms with E-state index in [1.54, 1.807) is 69.3 Å². The van der Waals surface area contributed by atoms with Crippen LogP contribution >= 0.6 is 0 Å². The number of carboxylic acid groups (broad SMARTS) is 1. The maximum atomic E-state index is 13.9. The van der Waals surface area contributed by atoms with Crippen LogP contribution in [0.2, 0.25) is 0 Å². The molecule has 3 atom stereocenters. The Labute approximate surface area is 296 Å². The third-order valence-corrected chi connectivity index (χ3v) is 8.35. The summed E-state index contributed by atoms with van der Waals surface area (Å²) in [7, 11) is 0. The molecule has 0 radical (unpaired) electrons. The fourth-order valence-electron chi connectivity index (χ4n) is 6.03. The van der Waals surface area contributed by atoms with Gasteiger partial charge < -0.3 is 20.5 Å². The third-order valence-electron chi connectivity index (χ3n) is 8.35. The first-order valence-electron chi connectivity index (χ1n) is 16.7. The Morgan fingerprint density at radius 1 is 0.941 bits per heavy atom. The second-order valence-electron chi connectivity index (χ2n) is 13.2. The van der Waals surface area contributed by atoms with E-state index in [1.807, 2.05) is 36.4 Å². The number of hydrogen-bond acceptors (Lipinski definition) is 8. The van der Waals surface area contributed by atoms with E-state index in [0.29, 0.717) is 29.8 Å². The van der Waals surface area contributed by atoms with Gasteiger partial charge in [0.15, 0.2) is 6.04 Å². The Bertz CT molecular complexity index is 1880. The Morgan fingerprint density at radius 3 is 2.20 bits per heavy atom. The van der Waals surface area contributed by atoms with Crippen molar-refractivity contribution in [3.05, 3.63) is 142 Å². The molecule has 5 rings (SSSR count). The molecule has 0 unspecified atom stereocenters. The monoisotopic (exact) mass is 691 g/mol. The van der Waals surface area contributed by atoms with Crippen LogP contribution in [0.3, 0.4) is 0 Å². The van der Waals surface area contributed by atoms with Gasteiger partial charge in [-0.2, -0.15) is 0 Å². The summed E-state index contributed by atoms with van der Waals surface area (Å²) in [6.07, 6.45) is 0.672. The number of carboxylic acids is 1. The number of carbonyl (C=O) groups is 3. The number of para-hydroxylation sites is 1. The first-order valence-corrected chi connectivity index (χ1v) is 16.7. The first kappa shape index (κ1) is 36.4. The molecule has 0 spiro atoms. The van der Waals surface area contributed by atoms with Gasteiger partial charge in [-0.25, -0.2) is 9.59 Å². The lowest BCUT2D eigenvalue weighted by Gasteiger charge is -2.27. The van der Waals surface area contributed by atoms with Crippen molar-refractivity contribution in [2.24, 2.45) is 4.99 Å². The topological polar surface area (TPSA) is 163 Å². The van der Waals surface area contributed by atoms with Gasteiger partial charge in [-0.1, -0.05) is 91.0 Å². The summed E-state index contributed by atoms with van der Waals surface area (Å²) in [5.74, 6) is -1.56. The molecule has 1 saturated heterocycles. The zero-order valence-corrected chi connectivity index (χ0v) is 28.7. The fraction of sp³-hybridized carbons (Fsp3) is 0.282. The number of nitro groups is 1. The zero-order valence-electron chi connectivity index (χ0n) is 28.7. The summed E-state index contributed by atoms with van der Waals surface area (Å²) < 4.78 is 5.46. The lowest BCUT2D eigenvalue weighted by atomic mass is 9.96. The molecule has 1 fully saturated rings. The van der Waals surface area contributed by atoms with Gasteiger partial charge in [-0.15, -0.1) is 0 Å². The number of alkyl carbamates (subject to hydrolysis) is 1. The van der Waals surface area contributed by atoms with Crippen LogP contribution in [0.1, 0.15) is 61.9 Å². The number of rotatable bonds is 12. The summed E-state index contributed by atoms with van der Waals surface area (Å²) in [5.41, 5.74) is 2.00. The van der Waals surface area contributed by atoms with Gasteiger partial charge in [0, 0.05) is 29.8 Å². The number of nitrogens with one attached hydrogen (secondary N) is 2.